The minimum atomic E-state index is -4.34. The number of ether oxygens (including phenoxy) is 1. The molecular formula is C20H25F3IN5O3. The Morgan fingerprint density at radius 1 is 1.06 bits per heavy atom. The Labute approximate surface area is 200 Å². The Hall–Kier alpha value is -2.61. The van der Waals surface area contributed by atoms with Crippen molar-refractivity contribution in [2.24, 2.45) is 4.99 Å². The number of nitrogens with zero attached hydrogens (tertiary/aromatic N) is 2. The average Bonchev–Trinajstić information content (AvgIpc) is 2.73. The molecule has 0 saturated heterocycles. The predicted octanol–water partition coefficient (Wildman–Crippen LogP) is 4.07. The number of nitro groups is 1. The van der Waals surface area contributed by atoms with Gasteiger partial charge in [-0.15, -0.1) is 24.0 Å². The second-order valence-electron chi connectivity index (χ2n) is 6.48. The van der Waals surface area contributed by atoms with Gasteiger partial charge in [-0.3, -0.25) is 15.1 Å². The third-order valence-corrected chi connectivity index (χ3v) is 4.07. The van der Waals surface area contributed by atoms with E-state index in [1.807, 2.05) is 0 Å². The summed E-state index contributed by atoms with van der Waals surface area (Å²) in [4.78, 5) is 14.7. The molecule has 0 saturated carbocycles. The van der Waals surface area contributed by atoms with Crippen LogP contribution in [0.25, 0.3) is 0 Å². The molecule has 0 aliphatic carbocycles. The molecule has 0 amide bonds. The summed E-state index contributed by atoms with van der Waals surface area (Å²) in [5.74, 6) is 0.543. The zero-order valence-electron chi connectivity index (χ0n) is 17.3. The average molecular weight is 567 g/mol. The molecule has 0 unspecified atom stereocenters. The third kappa shape index (κ3) is 10.1. The number of hydrogen-bond acceptors (Lipinski definition) is 5. The van der Waals surface area contributed by atoms with Crippen molar-refractivity contribution in [1.82, 2.24) is 10.6 Å². The molecule has 2 aromatic carbocycles. The molecule has 0 heterocycles. The molecular weight excluding hydrogens is 542 g/mol. The number of hydrogen-bond donors (Lipinski definition) is 3. The fraction of sp³-hybridized carbons (Fsp3) is 0.350. The van der Waals surface area contributed by atoms with E-state index < -0.39 is 17.7 Å². The largest absolute Gasteiger partial charge is 0.411 e. The van der Waals surface area contributed by atoms with E-state index in [0.717, 1.165) is 5.56 Å². The molecule has 0 radical (unpaired) electrons. The summed E-state index contributed by atoms with van der Waals surface area (Å²) in [5, 5.41) is 20.2. The summed E-state index contributed by atoms with van der Waals surface area (Å²) in [6, 6.07) is 13.4. The molecule has 0 bridgehead atoms. The number of halogens is 4. The molecule has 176 valence electrons. The summed E-state index contributed by atoms with van der Waals surface area (Å²) in [7, 11) is 1.62. The van der Waals surface area contributed by atoms with Crippen molar-refractivity contribution in [2.45, 2.75) is 19.3 Å². The van der Waals surface area contributed by atoms with Gasteiger partial charge in [0.1, 0.15) is 12.3 Å². The number of nitro benzene ring substituents is 1. The van der Waals surface area contributed by atoms with Gasteiger partial charge in [0.25, 0.3) is 5.69 Å². The fourth-order valence-electron chi connectivity index (χ4n) is 2.60. The van der Waals surface area contributed by atoms with E-state index in [9.17, 15) is 23.3 Å². The van der Waals surface area contributed by atoms with Crippen molar-refractivity contribution in [3.8, 4) is 0 Å². The molecule has 2 aromatic rings. The highest BCUT2D eigenvalue weighted by Crippen LogP contribution is 2.22. The third-order valence-electron chi connectivity index (χ3n) is 4.07. The van der Waals surface area contributed by atoms with Crippen LogP contribution < -0.4 is 16.0 Å². The number of guanidine groups is 1. The van der Waals surface area contributed by atoms with Crippen LogP contribution in [0.3, 0.4) is 0 Å². The molecule has 0 aliphatic heterocycles. The van der Waals surface area contributed by atoms with Gasteiger partial charge in [0.05, 0.1) is 11.5 Å². The zero-order valence-corrected chi connectivity index (χ0v) is 19.6. The van der Waals surface area contributed by atoms with Crippen LogP contribution in [-0.4, -0.2) is 43.8 Å². The molecule has 0 aliphatic rings. The highest BCUT2D eigenvalue weighted by molar-refractivity contribution is 14.0. The van der Waals surface area contributed by atoms with Crippen molar-refractivity contribution in [1.29, 1.82) is 0 Å². The maximum absolute atomic E-state index is 12.1. The lowest BCUT2D eigenvalue weighted by Gasteiger charge is -2.13. The summed E-state index contributed by atoms with van der Waals surface area (Å²) in [6.07, 6.45) is -4.34. The zero-order chi connectivity index (χ0) is 22.7. The van der Waals surface area contributed by atoms with E-state index in [0.29, 0.717) is 36.8 Å². The van der Waals surface area contributed by atoms with Crippen molar-refractivity contribution in [2.75, 3.05) is 32.1 Å². The van der Waals surface area contributed by atoms with Crippen molar-refractivity contribution < 1.29 is 22.8 Å². The molecule has 2 rings (SSSR count). The molecule has 32 heavy (non-hydrogen) atoms. The number of rotatable bonds is 10. The van der Waals surface area contributed by atoms with Crippen LogP contribution in [0.2, 0.25) is 0 Å². The minimum absolute atomic E-state index is 0. The Kier molecular flexibility index (Phi) is 11.8. The van der Waals surface area contributed by atoms with E-state index in [2.05, 4.69) is 25.7 Å². The maximum atomic E-state index is 12.1. The van der Waals surface area contributed by atoms with E-state index in [1.54, 1.807) is 49.5 Å². The first kappa shape index (κ1) is 27.4. The quantitative estimate of drug-likeness (QED) is 0.100. The fourth-order valence-corrected chi connectivity index (χ4v) is 2.60. The van der Waals surface area contributed by atoms with Gasteiger partial charge >= 0.3 is 6.18 Å². The molecule has 12 heteroatoms. The van der Waals surface area contributed by atoms with Crippen LogP contribution in [0.15, 0.2) is 53.5 Å². The number of para-hydroxylation sites is 2. The van der Waals surface area contributed by atoms with Gasteiger partial charge in [0, 0.05) is 32.7 Å². The highest BCUT2D eigenvalue weighted by Gasteiger charge is 2.27. The van der Waals surface area contributed by atoms with Crippen LogP contribution >= 0.6 is 24.0 Å². The number of aliphatic imine (C=N–C) groups is 1. The van der Waals surface area contributed by atoms with Gasteiger partial charge in [-0.1, -0.05) is 36.4 Å². The van der Waals surface area contributed by atoms with Gasteiger partial charge in [0.2, 0.25) is 0 Å². The van der Waals surface area contributed by atoms with Crippen LogP contribution in [-0.2, 0) is 17.9 Å². The summed E-state index contributed by atoms with van der Waals surface area (Å²) in [6.45, 7) is -0.00583. The lowest BCUT2D eigenvalue weighted by atomic mass is 10.1. The van der Waals surface area contributed by atoms with Gasteiger partial charge in [-0.25, -0.2) is 0 Å². The standard InChI is InChI=1S/C20H24F3N5O3.HI/c1-24-19(26-11-10-25-17-4-2-3-5-18(17)28(29)30)27-12-15-6-8-16(9-7-15)13-31-14-20(21,22)23;/h2-9,25H,10-14H2,1H3,(H2,24,26,27);1H. The Bertz CT molecular complexity index is 880. The number of nitrogens with one attached hydrogen (secondary N) is 3. The molecule has 0 aromatic heterocycles. The first-order chi connectivity index (χ1) is 14.8. The maximum Gasteiger partial charge on any atom is 0.411 e. The monoisotopic (exact) mass is 567 g/mol. The summed E-state index contributed by atoms with van der Waals surface area (Å²) >= 11 is 0. The second-order valence-corrected chi connectivity index (χ2v) is 6.48. The van der Waals surface area contributed by atoms with Gasteiger partial charge in [-0.05, 0) is 17.2 Å². The topological polar surface area (TPSA) is 101 Å². The number of anilines is 1. The van der Waals surface area contributed by atoms with Crippen molar-refractivity contribution in [3.63, 3.8) is 0 Å². The van der Waals surface area contributed by atoms with Gasteiger partial charge < -0.3 is 20.7 Å². The normalized spacial score (nSPS) is 11.4. The van der Waals surface area contributed by atoms with E-state index in [4.69, 9.17) is 0 Å². The van der Waals surface area contributed by atoms with Crippen LogP contribution in [0.5, 0.6) is 0 Å². The predicted molar refractivity (Wildman–Crippen MR) is 127 cm³/mol. The first-order valence-electron chi connectivity index (χ1n) is 9.42. The minimum Gasteiger partial charge on any atom is -0.378 e. The molecule has 0 fully saturated rings. The lowest BCUT2D eigenvalue weighted by molar-refractivity contribution is -0.384. The Balaban J connectivity index is 0.00000512. The summed E-state index contributed by atoms with van der Waals surface area (Å²) < 4.78 is 40.9. The smallest absolute Gasteiger partial charge is 0.378 e. The van der Waals surface area contributed by atoms with Gasteiger partial charge in [0.15, 0.2) is 5.96 Å². The van der Waals surface area contributed by atoms with Crippen LogP contribution in [0.1, 0.15) is 11.1 Å². The molecule has 3 N–H and O–H groups in total. The van der Waals surface area contributed by atoms with Crippen LogP contribution in [0.4, 0.5) is 24.5 Å². The lowest BCUT2D eigenvalue weighted by Crippen LogP contribution is -2.39. The van der Waals surface area contributed by atoms with E-state index >= 15 is 0 Å². The molecule has 8 nitrogen and oxygen atoms in total. The SMILES string of the molecule is CN=C(NCCNc1ccccc1[N+](=O)[O-])NCc1ccc(COCC(F)(F)F)cc1.I. The Morgan fingerprint density at radius 3 is 2.34 bits per heavy atom. The van der Waals surface area contributed by atoms with Crippen molar-refractivity contribution in [3.05, 3.63) is 69.8 Å². The van der Waals surface area contributed by atoms with Crippen molar-refractivity contribution >= 4 is 41.3 Å². The van der Waals surface area contributed by atoms with Crippen LogP contribution in [0, 0.1) is 10.1 Å². The van der Waals surface area contributed by atoms with E-state index in [1.165, 1.54) is 6.07 Å². The van der Waals surface area contributed by atoms with Gasteiger partial charge in [-0.2, -0.15) is 13.2 Å². The Morgan fingerprint density at radius 2 is 1.72 bits per heavy atom. The number of benzene rings is 2. The van der Waals surface area contributed by atoms with E-state index in [-0.39, 0.29) is 36.3 Å². The second kappa shape index (κ2) is 13.7. The number of alkyl halides is 3. The highest BCUT2D eigenvalue weighted by atomic mass is 127. The summed E-state index contributed by atoms with van der Waals surface area (Å²) in [5.41, 5.74) is 2.02. The molecule has 0 atom stereocenters. The first-order valence-corrected chi connectivity index (χ1v) is 9.42. The molecule has 0 spiro atoms.